The Kier molecular flexibility index (Phi) is 7.46. The Morgan fingerprint density at radius 2 is 1.46 bits per heavy atom. The molecular formula is C22H35BrSi. The molecular weight excluding hydrogens is 372 g/mol. The van der Waals surface area contributed by atoms with Gasteiger partial charge in [0, 0.05) is 13.3 Å². The molecule has 0 atom stereocenters. The van der Waals surface area contributed by atoms with Gasteiger partial charge in [-0.3, -0.25) is 0 Å². The van der Waals surface area contributed by atoms with Crippen molar-refractivity contribution in [3.63, 3.8) is 0 Å². The van der Waals surface area contributed by atoms with Crippen molar-refractivity contribution < 1.29 is 0 Å². The monoisotopic (exact) mass is 406 g/mol. The largest absolute Gasteiger partial charge is 0.0657 e. The molecule has 1 aliphatic heterocycles. The van der Waals surface area contributed by atoms with Gasteiger partial charge in [-0.25, -0.2) is 0 Å². The van der Waals surface area contributed by atoms with Crippen molar-refractivity contribution >= 4 is 24.7 Å². The Labute approximate surface area is 159 Å². The van der Waals surface area contributed by atoms with Gasteiger partial charge in [0.2, 0.25) is 0 Å². The molecule has 1 aliphatic carbocycles. The second kappa shape index (κ2) is 9.57. The summed E-state index contributed by atoms with van der Waals surface area (Å²) in [5, 5.41) is 0. The van der Waals surface area contributed by atoms with E-state index >= 15 is 0 Å². The first-order valence-corrected chi connectivity index (χ1v) is 13.7. The van der Waals surface area contributed by atoms with Crippen LogP contribution in [0.3, 0.4) is 0 Å². The van der Waals surface area contributed by atoms with Crippen molar-refractivity contribution in [2.75, 3.05) is 0 Å². The van der Waals surface area contributed by atoms with E-state index in [0.717, 1.165) is 17.8 Å². The maximum Gasteiger partial charge on any atom is 0.0367 e. The molecule has 0 unspecified atom stereocenters. The molecule has 0 amide bonds. The van der Waals surface area contributed by atoms with Crippen LogP contribution in [-0.4, -0.2) is 8.80 Å². The molecule has 1 saturated heterocycles. The second-order valence-corrected chi connectivity index (χ2v) is 12.9. The van der Waals surface area contributed by atoms with Gasteiger partial charge in [0.15, 0.2) is 0 Å². The van der Waals surface area contributed by atoms with Crippen LogP contribution in [0.15, 0.2) is 28.7 Å². The van der Waals surface area contributed by atoms with E-state index in [0.29, 0.717) is 0 Å². The van der Waals surface area contributed by atoms with Crippen LogP contribution in [0, 0.1) is 11.8 Å². The zero-order chi connectivity index (χ0) is 16.8. The van der Waals surface area contributed by atoms with Crippen LogP contribution in [0.4, 0.5) is 0 Å². The Morgan fingerprint density at radius 1 is 0.875 bits per heavy atom. The normalized spacial score (nSPS) is 31.1. The van der Waals surface area contributed by atoms with Gasteiger partial charge < -0.3 is 0 Å². The lowest BCUT2D eigenvalue weighted by Crippen LogP contribution is -2.22. The Bertz CT molecular complexity index is 467. The predicted molar refractivity (Wildman–Crippen MR) is 113 cm³/mol. The maximum absolute atomic E-state index is 3.55. The highest BCUT2D eigenvalue weighted by atomic mass is 79.9. The smallest absolute Gasteiger partial charge is 0.0367 e. The molecule has 0 spiro atoms. The molecule has 2 fully saturated rings. The lowest BCUT2D eigenvalue weighted by molar-refractivity contribution is 0.280. The number of hydrogen-bond donors (Lipinski definition) is 0. The molecule has 0 aromatic heterocycles. The standard InChI is InChI=1S/C22H35BrSi/c1-2-15-24-16-13-19(14-17-24)4-3-18-5-7-20(8-6-18)21-9-11-22(23)12-10-21/h9-12,18-20,24H,2-8,13-17H2,1H3. The van der Waals surface area contributed by atoms with Crippen LogP contribution in [0.1, 0.15) is 76.2 Å². The van der Waals surface area contributed by atoms with Crippen molar-refractivity contribution in [2.45, 2.75) is 88.8 Å². The van der Waals surface area contributed by atoms with Gasteiger partial charge >= 0.3 is 0 Å². The summed E-state index contributed by atoms with van der Waals surface area (Å²) in [5.74, 6) is 2.95. The van der Waals surface area contributed by atoms with Crippen molar-refractivity contribution in [3.05, 3.63) is 34.3 Å². The molecule has 1 aromatic carbocycles. The molecule has 134 valence electrons. The molecule has 0 nitrogen and oxygen atoms in total. The van der Waals surface area contributed by atoms with Gasteiger partial charge in [-0.1, -0.05) is 85.2 Å². The van der Waals surface area contributed by atoms with Crippen LogP contribution in [0.25, 0.3) is 0 Å². The van der Waals surface area contributed by atoms with Gasteiger partial charge in [0.25, 0.3) is 0 Å². The highest BCUT2D eigenvalue weighted by Crippen LogP contribution is 2.39. The predicted octanol–water partition coefficient (Wildman–Crippen LogP) is 7.55. The fourth-order valence-corrected chi connectivity index (χ4v) is 9.04. The van der Waals surface area contributed by atoms with Crippen LogP contribution in [-0.2, 0) is 0 Å². The van der Waals surface area contributed by atoms with Gasteiger partial charge in [-0.2, -0.15) is 0 Å². The number of rotatable bonds is 6. The fraction of sp³-hybridized carbons (Fsp3) is 0.727. The molecule has 2 aliphatic rings. The zero-order valence-corrected chi connectivity index (χ0v) is 18.2. The Morgan fingerprint density at radius 3 is 2.04 bits per heavy atom. The number of hydrogen-bond acceptors (Lipinski definition) is 0. The van der Waals surface area contributed by atoms with Crippen LogP contribution < -0.4 is 0 Å². The van der Waals surface area contributed by atoms with E-state index in [1.807, 2.05) is 0 Å². The highest BCUT2D eigenvalue weighted by Gasteiger charge is 2.25. The number of benzene rings is 1. The zero-order valence-electron chi connectivity index (χ0n) is 15.5. The summed E-state index contributed by atoms with van der Waals surface area (Å²) in [4.78, 5) is 0. The molecule has 2 heteroatoms. The molecule has 0 N–H and O–H groups in total. The van der Waals surface area contributed by atoms with Crippen molar-refractivity contribution in [3.8, 4) is 0 Å². The average molecular weight is 408 g/mol. The van der Waals surface area contributed by atoms with Crippen molar-refractivity contribution in [1.29, 1.82) is 0 Å². The molecule has 1 heterocycles. The lowest BCUT2D eigenvalue weighted by atomic mass is 9.76. The minimum atomic E-state index is -0.274. The third kappa shape index (κ3) is 5.46. The summed E-state index contributed by atoms with van der Waals surface area (Å²) in [5.41, 5.74) is 1.57. The Balaban J connectivity index is 1.35. The minimum Gasteiger partial charge on any atom is -0.0657 e. The van der Waals surface area contributed by atoms with E-state index in [9.17, 15) is 0 Å². The first kappa shape index (κ1) is 18.7. The molecule has 24 heavy (non-hydrogen) atoms. The first-order chi connectivity index (χ1) is 11.7. The summed E-state index contributed by atoms with van der Waals surface area (Å²) >= 11 is 3.55. The van der Waals surface area contributed by atoms with Crippen molar-refractivity contribution in [1.82, 2.24) is 0 Å². The third-order valence-electron chi connectivity index (χ3n) is 6.83. The van der Waals surface area contributed by atoms with Gasteiger partial charge in [0.1, 0.15) is 0 Å². The molecule has 3 rings (SSSR count). The summed E-state index contributed by atoms with van der Waals surface area (Å²) in [6.07, 6.45) is 13.5. The quantitative estimate of drug-likeness (QED) is 0.427. The minimum absolute atomic E-state index is 0.274. The third-order valence-corrected chi connectivity index (χ3v) is 11.1. The summed E-state index contributed by atoms with van der Waals surface area (Å²) < 4.78 is 1.21. The maximum atomic E-state index is 3.55. The highest BCUT2D eigenvalue weighted by molar-refractivity contribution is 9.10. The molecule has 0 bridgehead atoms. The lowest BCUT2D eigenvalue weighted by Gasteiger charge is -2.32. The topological polar surface area (TPSA) is 0 Å². The van der Waals surface area contributed by atoms with E-state index < -0.39 is 0 Å². The van der Waals surface area contributed by atoms with E-state index in [1.54, 1.807) is 43.0 Å². The van der Waals surface area contributed by atoms with Crippen molar-refractivity contribution in [2.24, 2.45) is 11.8 Å². The van der Waals surface area contributed by atoms with E-state index in [4.69, 9.17) is 0 Å². The van der Waals surface area contributed by atoms with Crippen LogP contribution in [0.2, 0.25) is 18.1 Å². The molecule has 1 saturated carbocycles. The summed E-state index contributed by atoms with van der Waals surface area (Å²) in [6.45, 7) is 2.38. The van der Waals surface area contributed by atoms with E-state index in [2.05, 4.69) is 47.1 Å². The van der Waals surface area contributed by atoms with Gasteiger partial charge in [-0.05, 0) is 61.1 Å². The SMILES string of the molecule is CCC[SiH]1CCC(CCC2CCC(c3ccc(Br)cc3)CC2)CC1. The fourth-order valence-electron chi connectivity index (χ4n) is 5.21. The average Bonchev–Trinajstić information content (AvgIpc) is 2.63. The van der Waals surface area contributed by atoms with Crippen LogP contribution >= 0.6 is 15.9 Å². The summed E-state index contributed by atoms with van der Waals surface area (Å²) in [7, 11) is -0.274. The Hall–Kier alpha value is -0.0831. The number of halogens is 1. The van der Waals surface area contributed by atoms with E-state index in [1.165, 1.54) is 43.0 Å². The van der Waals surface area contributed by atoms with E-state index in [-0.39, 0.29) is 8.80 Å². The molecule has 1 aromatic rings. The molecule has 0 radical (unpaired) electrons. The summed E-state index contributed by atoms with van der Waals surface area (Å²) in [6, 6.07) is 14.0. The first-order valence-electron chi connectivity index (χ1n) is 10.5. The van der Waals surface area contributed by atoms with Crippen LogP contribution in [0.5, 0.6) is 0 Å². The van der Waals surface area contributed by atoms with Gasteiger partial charge in [-0.15, -0.1) is 0 Å². The van der Waals surface area contributed by atoms with Gasteiger partial charge in [0.05, 0.1) is 0 Å². The second-order valence-electron chi connectivity index (χ2n) is 8.52.